The third-order valence-electron chi connectivity index (χ3n) is 3.13. The highest BCUT2D eigenvalue weighted by molar-refractivity contribution is 5.85. The molecule has 1 aliphatic rings. The van der Waals surface area contributed by atoms with Crippen molar-refractivity contribution in [1.29, 1.82) is 0 Å². The van der Waals surface area contributed by atoms with Gasteiger partial charge in [-0.2, -0.15) is 0 Å². The number of Topliss-reactive ketones (excluding diaryl/α,β-unsaturated/α-hetero) is 1. The van der Waals surface area contributed by atoms with Gasteiger partial charge in [0.05, 0.1) is 6.61 Å². The van der Waals surface area contributed by atoms with E-state index in [0.29, 0.717) is 31.3 Å². The molecule has 1 aliphatic carbocycles. The Bertz CT molecular complexity index is 345. The van der Waals surface area contributed by atoms with E-state index in [9.17, 15) is 4.79 Å². The largest absolute Gasteiger partial charge is 0.381 e. The van der Waals surface area contributed by atoms with Crippen molar-refractivity contribution in [3.63, 3.8) is 0 Å². The molecule has 0 N–H and O–H groups in total. The Morgan fingerprint density at radius 1 is 1.38 bits per heavy atom. The molecule has 2 unspecified atom stereocenters. The minimum absolute atomic E-state index is 0.253. The first-order chi connectivity index (χ1) is 7.83. The Kier molecular flexibility index (Phi) is 3.73. The maximum Gasteiger partial charge on any atom is 0.138 e. The molecule has 0 bridgehead atoms. The molecule has 2 atom stereocenters. The molecular formula is C14H18O2. The molecule has 2 nitrogen and oxygen atoms in total. The predicted molar refractivity (Wildman–Crippen MR) is 63.4 cm³/mol. The van der Waals surface area contributed by atoms with E-state index in [-0.39, 0.29) is 5.92 Å². The third-order valence-corrected chi connectivity index (χ3v) is 3.13. The lowest BCUT2D eigenvalue weighted by Crippen LogP contribution is -2.07. The number of carbonyl (C=O) groups excluding carboxylic acids is 1. The summed E-state index contributed by atoms with van der Waals surface area (Å²) in [5, 5.41) is 0. The minimum Gasteiger partial charge on any atom is -0.381 e. The Balaban J connectivity index is 1.80. The zero-order chi connectivity index (χ0) is 11.4. The van der Waals surface area contributed by atoms with E-state index >= 15 is 0 Å². The fraction of sp³-hybridized carbons (Fsp3) is 0.500. The van der Waals surface area contributed by atoms with E-state index in [1.165, 1.54) is 5.56 Å². The molecule has 2 rings (SSSR count). The summed E-state index contributed by atoms with van der Waals surface area (Å²) in [5.41, 5.74) is 1.30. The van der Waals surface area contributed by atoms with Crippen LogP contribution in [0.4, 0.5) is 0 Å². The van der Waals surface area contributed by atoms with Crippen molar-refractivity contribution >= 4 is 5.78 Å². The molecule has 1 aromatic carbocycles. The molecule has 0 aromatic heterocycles. The summed E-state index contributed by atoms with van der Waals surface area (Å²) in [6, 6.07) is 10.3. The van der Waals surface area contributed by atoms with Gasteiger partial charge in [-0.3, -0.25) is 4.79 Å². The second-order valence-corrected chi connectivity index (χ2v) is 4.27. The molecule has 0 radical (unpaired) electrons. The highest BCUT2D eigenvalue weighted by Gasteiger charge is 2.42. The molecule has 0 saturated heterocycles. The lowest BCUT2D eigenvalue weighted by molar-refractivity contribution is -0.121. The predicted octanol–water partition coefficient (Wildman–Crippen LogP) is 2.79. The number of carbonyl (C=O) groups is 1. The average molecular weight is 218 g/mol. The normalized spacial score (nSPS) is 23.1. The molecule has 16 heavy (non-hydrogen) atoms. The molecule has 0 heterocycles. The number of benzene rings is 1. The smallest absolute Gasteiger partial charge is 0.138 e. The fourth-order valence-corrected chi connectivity index (χ4v) is 2.12. The Labute approximate surface area is 96.6 Å². The van der Waals surface area contributed by atoms with Crippen LogP contribution < -0.4 is 0 Å². The maximum absolute atomic E-state index is 11.8. The van der Waals surface area contributed by atoms with Crippen LogP contribution in [-0.4, -0.2) is 19.0 Å². The van der Waals surface area contributed by atoms with Crippen LogP contribution in [0.25, 0.3) is 0 Å². The summed E-state index contributed by atoms with van der Waals surface area (Å²) in [5.74, 6) is 1.08. The van der Waals surface area contributed by atoms with Crippen LogP contribution >= 0.6 is 0 Å². The van der Waals surface area contributed by atoms with Crippen molar-refractivity contribution in [3.05, 3.63) is 35.9 Å². The quantitative estimate of drug-likeness (QED) is 0.686. The van der Waals surface area contributed by atoms with Gasteiger partial charge in [-0.15, -0.1) is 0 Å². The van der Waals surface area contributed by atoms with Gasteiger partial charge in [-0.25, -0.2) is 0 Å². The summed E-state index contributed by atoms with van der Waals surface area (Å²) in [4.78, 5) is 11.8. The van der Waals surface area contributed by atoms with E-state index in [4.69, 9.17) is 4.74 Å². The van der Waals surface area contributed by atoms with E-state index in [2.05, 4.69) is 12.1 Å². The monoisotopic (exact) mass is 218 g/mol. The van der Waals surface area contributed by atoms with Crippen LogP contribution in [0.1, 0.15) is 31.2 Å². The summed E-state index contributed by atoms with van der Waals surface area (Å²) in [6.45, 7) is 3.22. The summed E-state index contributed by atoms with van der Waals surface area (Å²) < 4.78 is 5.20. The van der Waals surface area contributed by atoms with Crippen LogP contribution in [0.3, 0.4) is 0 Å². The molecular weight excluding hydrogens is 200 g/mol. The first kappa shape index (κ1) is 11.3. The van der Waals surface area contributed by atoms with Crippen molar-refractivity contribution in [3.8, 4) is 0 Å². The van der Waals surface area contributed by atoms with Crippen molar-refractivity contribution in [2.75, 3.05) is 13.2 Å². The summed E-state index contributed by atoms with van der Waals surface area (Å²) in [6.07, 6.45) is 1.59. The summed E-state index contributed by atoms with van der Waals surface area (Å²) >= 11 is 0. The fourth-order valence-electron chi connectivity index (χ4n) is 2.12. The van der Waals surface area contributed by atoms with Crippen LogP contribution in [-0.2, 0) is 9.53 Å². The van der Waals surface area contributed by atoms with Gasteiger partial charge in [-0.1, -0.05) is 30.3 Å². The van der Waals surface area contributed by atoms with Gasteiger partial charge in [0.2, 0.25) is 0 Å². The Morgan fingerprint density at radius 2 is 2.12 bits per heavy atom. The van der Waals surface area contributed by atoms with E-state index in [1.807, 2.05) is 25.1 Å². The van der Waals surface area contributed by atoms with Gasteiger partial charge in [0, 0.05) is 18.9 Å². The molecule has 0 aliphatic heterocycles. The zero-order valence-electron chi connectivity index (χ0n) is 9.69. The van der Waals surface area contributed by atoms with Crippen molar-refractivity contribution < 1.29 is 9.53 Å². The number of ether oxygens (including phenoxy) is 1. The van der Waals surface area contributed by atoms with Gasteiger partial charge in [0.15, 0.2) is 0 Å². The van der Waals surface area contributed by atoms with Gasteiger partial charge in [-0.05, 0) is 24.8 Å². The van der Waals surface area contributed by atoms with Crippen molar-refractivity contribution in [1.82, 2.24) is 0 Å². The maximum atomic E-state index is 11.8. The highest BCUT2D eigenvalue weighted by atomic mass is 16.5. The van der Waals surface area contributed by atoms with Crippen molar-refractivity contribution in [2.24, 2.45) is 5.92 Å². The second kappa shape index (κ2) is 5.26. The minimum atomic E-state index is 0.253. The van der Waals surface area contributed by atoms with Crippen LogP contribution in [0.5, 0.6) is 0 Å². The van der Waals surface area contributed by atoms with Gasteiger partial charge < -0.3 is 4.74 Å². The third kappa shape index (κ3) is 2.70. The van der Waals surface area contributed by atoms with E-state index < -0.39 is 0 Å². The van der Waals surface area contributed by atoms with E-state index in [1.54, 1.807) is 0 Å². The van der Waals surface area contributed by atoms with Gasteiger partial charge >= 0.3 is 0 Å². The number of rotatable bonds is 6. The number of ketones is 1. The van der Waals surface area contributed by atoms with Crippen LogP contribution in [0.15, 0.2) is 30.3 Å². The first-order valence-corrected chi connectivity index (χ1v) is 5.98. The Morgan fingerprint density at radius 3 is 2.81 bits per heavy atom. The van der Waals surface area contributed by atoms with Gasteiger partial charge in [0.25, 0.3) is 0 Å². The molecule has 1 aromatic rings. The summed E-state index contributed by atoms with van der Waals surface area (Å²) in [7, 11) is 0. The standard InChI is InChI=1S/C14H18O2/c1-2-16-9-8-14(15)13-10-12(13)11-6-4-3-5-7-11/h3-7,12-13H,2,8-10H2,1H3. The highest BCUT2D eigenvalue weighted by Crippen LogP contribution is 2.48. The van der Waals surface area contributed by atoms with Crippen molar-refractivity contribution in [2.45, 2.75) is 25.7 Å². The molecule has 1 fully saturated rings. The van der Waals surface area contributed by atoms with Gasteiger partial charge in [0.1, 0.15) is 5.78 Å². The van der Waals surface area contributed by atoms with E-state index in [0.717, 1.165) is 6.42 Å². The lowest BCUT2D eigenvalue weighted by atomic mass is 10.1. The van der Waals surface area contributed by atoms with Crippen LogP contribution in [0, 0.1) is 5.92 Å². The molecule has 86 valence electrons. The first-order valence-electron chi connectivity index (χ1n) is 5.98. The molecule has 2 heteroatoms. The lowest BCUT2D eigenvalue weighted by Gasteiger charge is -2.01. The molecule has 1 saturated carbocycles. The SMILES string of the molecule is CCOCCC(=O)C1CC1c1ccccc1. The zero-order valence-corrected chi connectivity index (χ0v) is 9.69. The van der Waals surface area contributed by atoms with Crippen LogP contribution in [0.2, 0.25) is 0 Å². The number of hydrogen-bond donors (Lipinski definition) is 0. The second-order valence-electron chi connectivity index (χ2n) is 4.27. The topological polar surface area (TPSA) is 26.3 Å². The Hall–Kier alpha value is -1.15. The molecule has 0 amide bonds. The average Bonchev–Trinajstić information content (AvgIpc) is 3.10. The molecule has 0 spiro atoms. The number of hydrogen-bond acceptors (Lipinski definition) is 2.